The Kier molecular flexibility index (Phi) is 5.09. The molecular weight excluding hydrogens is 320 g/mol. The molecule has 26 heavy (non-hydrogen) atoms. The molecular formula is C23H34N2O. The summed E-state index contributed by atoms with van der Waals surface area (Å²) in [5.74, 6) is 1.16. The number of piperidine rings is 1. The first-order chi connectivity index (χ1) is 12.6. The van der Waals surface area contributed by atoms with Crippen LogP contribution in [0.2, 0.25) is 0 Å². The molecule has 142 valence electrons. The fourth-order valence-electron chi connectivity index (χ4n) is 5.46. The topological polar surface area (TPSA) is 23.6 Å². The molecule has 0 saturated carbocycles. The second-order valence-corrected chi connectivity index (χ2v) is 9.14. The zero-order valence-corrected chi connectivity index (χ0v) is 16.5. The van der Waals surface area contributed by atoms with E-state index in [-0.39, 0.29) is 0 Å². The highest BCUT2D eigenvalue weighted by Crippen LogP contribution is 2.50. The standard InChI is InChI=1S/C23H34N2O/c1-18(2)10-15-24-16-12-23(13-17-24)11-9-21(25-14-5-8-22(25)26)19-6-3-4-7-20(19)23/h3-4,6-7,18,21H,5,8-17H2,1-2H3/t21-/m0/s1. The van der Waals surface area contributed by atoms with Gasteiger partial charge in [-0.15, -0.1) is 0 Å². The number of nitrogens with zero attached hydrogens (tertiary/aromatic N) is 2. The van der Waals surface area contributed by atoms with Gasteiger partial charge in [0.05, 0.1) is 6.04 Å². The van der Waals surface area contributed by atoms with Crippen LogP contribution in [0.3, 0.4) is 0 Å². The van der Waals surface area contributed by atoms with Crippen molar-refractivity contribution >= 4 is 5.91 Å². The summed E-state index contributed by atoms with van der Waals surface area (Å²) in [6.45, 7) is 9.31. The number of amides is 1. The van der Waals surface area contributed by atoms with Gasteiger partial charge in [-0.2, -0.15) is 0 Å². The van der Waals surface area contributed by atoms with Gasteiger partial charge in [0.2, 0.25) is 5.91 Å². The largest absolute Gasteiger partial charge is 0.336 e. The summed E-state index contributed by atoms with van der Waals surface area (Å²) in [5, 5.41) is 0. The number of likely N-dealkylation sites (tertiary alicyclic amines) is 2. The van der Waals surface area contributed by atoms with Gasteiger partial charge in [0.25, 0.3) is 0 Å². The summed E-state index contributed by atoms with van der Waals surface area (Å²) in [6, 6.07) is 9.37. The zero-order valence-electron chi connectivity index (χ0n) is 16.5. The Bertz CT molecular complexity index is 645. The van der Waals surface area contributed by atoms with Crippen LogP contribution >= 0.6 is 0 Å². The number of hydrogen-bond acceptors (Lipinski definition) is 2. The van der Waals surface area contributed by atoms with Gasteiger partial charge in [-0.3, -0.25) is 4.79 Å². The molecule has 2 aliphatic heterocycles. The van der Waals surface area contributed by atoms with Gasteiger partial charge >= 0.3 is 0 Å². The van der Waals surface area contributed by atoms with Crippen LogP contribution in [0.1, 0.15) is 76.0 Å². The van der Waals surface area contributed by atoms with Gasteiger partial charge in [0.15, 0.2) is 0 Å². The van der Waals surface area contributed by atoms with Crippen LogP contribution in [0, 0.1) is 5.92 Å². The van der Waals surface area contributed by atoms with Crippen molar-refractivity contribution in [2.45, 2.75) is 70.3 Å². The first-order valence-corrected chi connectivity index (χ1v) is 10.7. The van der Waals surface area contributed by atoms with Crippen LogP contribution in [0.5, 0.6) is 0 Å². The van der Waals surface area contributed by atoms with Crippen LogP contribution in [0.25, 0.3) is 0 Å². The lowest BCUT2D eigenvalue weighted by Crippen LogP contribution is -2.46. The number of carbonyl (C=O) groups is 1. The first-order valence-electron chi connectivity index (χ1n) is 10.7. The maximum Gasteiger partial charge on any atom is 0.223 e. The van der Waals surface area contributed by atoms with Gasteiger partial charge in [-0.1, -0.05) is 38.1 Å². The molecule has 0 bridgehead atoms. The molecule has 1 aromatic carbocycles. The molecule has 3 nitrogen and oxygen atoms in total. The van der Waals surface area contributed by atoms with Crippen molar-refractivity contribution in [3.63, 3.8) is 0 Å². The van der Waals surface area contributed by atoms with E-state index in [0.29, 0.717) is 17.4 Å². The van der Waals surface area contributed by atoms with Crippen molar-refractivity contribution in [1.29, 1.82) is 0 Å². The van der Waals surface area contributed by atoms with Crippen LogP contribution in [0.15, 0.2) is 24.3 Å². The third-order valence-corrected chi connectivity index (χ3v) is 7.11. The van der Waals surface area contributed by atoms with Gasteiger partial charge < -0.3 is 9.80 Å². The predicted molar refractivity (Wildman–Crippen MR) is 106 cm³/mol. The van der Waals surface area contributed by atoms with Crippen molar-refractivity contribution in [2.75, 3.05) is 26.2 Å². The molecule has 0 radical (unpaired) electrons. The van der Waals surface area contributed by atoms with Crippen LogP contribution in [-0.4, -0.2) is 41.9 Å². The third kappa shape index (κ3) is 3.31. The monoisotopic (exact) mass is 354 g/mol. The molecule has 2 heterocycles. The Hall–Kier alpha value is -1.35. The number of hydrogen-bond donors (Lipinski definition) is 0. The molecule has 1 aliphatic carbocycles. The lowest BCUT2D eigenvalue weighted by Gasteiger charge is -2.48. The minimum Gasteiger partial charge on any atom is -0.336 e. The van der Waals surface area contributed by atoms with Crippen LogP contribution in [0.4, 0.5) is 0 Å². The minimum absolute atomic E-state index is 0.325. The molecule has 1 atom stereocenters. The van der Waals surface area contributed by atoms with E-state index < -0.39 is 0 Å². The van der Waals surface area contributed by atoms with Gasteiger partial charge in [0.1, 0.15) is 0 Å². The number of rotatable bonds is 4. The van der Waals surface area contributed by atoms with Crippen molar-refractivity contribution in [1.82, 2.24) is 9.80 Å². The Labute approximate surface area is 158 Å². The van der Waals surface area contributed by atoms with Crippen molar-refractivity contribution < 1.29 is 4.79 Å². The molecule has 0 aromatic heterocycles. The molecule has 3 heteroatoms. The van der Waals surface area contributed by atoms with Crippen LogP contribution in [-0.2, 0) is 10.2 Å². The minimum atomic E-state index is 0.325. The molecule has 1 amide bonds. The van der Waals surface area contributed by atoms with E-state index in [1.54, 1.807) is 5.56 Å². The number of carbonyl (C=O) groups excluding carboxylic acids is 1. The fraction of sp³-hybridized carbons (Fsp3) is 0.696. The molecule has 1 spiro atoms. The quantitative estimate of drug-likeness (QED) is 0.793. The summed E-state index contributed by atoms with van der Waals surface area (Å²) in [7, 11) is 0. The second-order valence-electron chi connectivity index (χ2n) is 9.14. The van der Waals surface area contributed by atoms with Crippen molar-refractivity contribution in [3.8, 4) is 0 Å². The lowest BCUT2D eigenvalue weighted by molar-refractivity contribution is -0.130. The van der Waals surface area contributed by atoms with E-state index in [9.17, 15) is 4.79 Å². The van der Waals surface area contributed by atoms with Crippen molar-refractivity contribution in [3.05, 3.63) is 35.4 Å². The molecule has 4 rings (SSSR count). The third-order valence-electron chi connectivity index (χ3n) is 7.11. The highest BCUT2D eigenvalue weighted by molar-refractivity contribution is 5.78. The molecule has 3 aliphatic rings. The summed E-state index contributed by atoms with van der Waals surface area (Å²) in [5.41, 5.74) is 3.36. The Morgan fingerprint density at radius 2 is 1.88 bits per heavy atom. The Balaban J connectivity index is 1.53. The SMILES string of the molecule is CC(C)CCN1CCC2(CC[C@H](N3CCCC3=O)c3ccccc32)CC1. The predicted octanol–water partition coefficient (Wildman–Crippen LogP) is 4.52. The highest BCUT2D eigenvalue weighted by atomic mass is 16.2. The normalized spacial score (nSPS) is 25.9. The lowest BCUT2D eigenvalue weighted by atomic mass is 9.63. The van der Waals surface area contributed by atoms with E-state index in [2.05, 4.69) is 47.9 Å². The maximum absolute atomic E-state index is 12.3. The molecule has 1 aromatic rings. The van der Waals surface area contributed by atoms with E-state index in [1.807, 2.05) is 0 Å². The maximum atomic E-state index is 12.3. The highest BCUT2D eigenvalue weighted by Gasteiger charge is 2.44. The number of fused-ring (bicyclic) bond motifs is 2. The van der Waals surface area contributed by atoms with Crippen molar-refractivity contribution in [2.24, 2.45) is 5.92 Å². The zero-order chi connectivity index (χ0) is 18.1. The van der Waals surface area contributed by atoms with Gasteiger partial charge in [-0.05, 0) is 80.6 Å². The van der Waals surface area contributed by atoms with E-state index >= 15 is 0 Å². The van der Waals surface area contributed by atoms with Crippen LogP contribution < -0.4 is 0 Å². The van der Waals surface area contributed by atoms with E-state index in [0.717, 1.165) is 31.7 Å². The molecule has 2 fully saturated rings. The summed E-state index contributed by atoms with van der Waals surface area (Å²) >= 11 is 0. The Morgan fingerprint density at radius 1 is 1.12 bits per heavy atom. The smallest absolute Gasteiger partial charge is 0.223 e. The Morgan fingerprint density at radius 3 is 2.58 bits per heavy atom. The van der Waals surface area contributed by atoms with E-state index in [1.165, 1.54) is 50.9 Å². The number of benzene rings is 1. The molecule has 2 saturated heterocycles. The van der Waals surface area contributed by atoms with E-state index in [4.69, 9.17) is 0 Å². The summed E-state index contributed by atoms with van der Waals surface area (Å²) in [4.78, 5) is 17.2. The summed E-state index contributed by atoms with van der Waals surface area (Å²) < 4.78 is 0. The average Bonchev–Trinajstić information content (AvgIpc) is 3.08. The second kappa shape index (κ2) is 7.34. The average molecular weight is 355 g/mol. The summed E-state index contributed by atoms with van der Waals surface area (Å²) in [6.07, 6.45) is 8.04. The molecule has 0 N–H and O–H groups in total. The van der Waals surface area contributed by atoms with Gasteiger partial charge in [-0.25, -0.2) is 0 Å². The fourth-order valence-corrected chi connectivity index (χ4v) is 5.46. The molecule has 0 unspecified atom stereocenters. The first kappa shape index (κ1) is 18.0. The van der Waals surface area contributed by atoms with Gasteiger partial charge in [0, 0.05) is 13.0 Å².